The summed E-state index contributed by atoms with van der Waals surface area (Å²) in [6.07, 6.45) is 0. The molecule has 2 aromatic carbocycles. The monoisotopic (exact) mass is 492 g/mol. The van der Waals surface area contributed by atoms with E-state index in [9.17, 15) is 9.59 Å². The van der Waals surface area contributed by atoms with Gasteiger partial charge in [-0.3, -0.25) is 0 Å². The summed E-state index contributed by atoms with van der Waals surface area (Å²) < 4.78 is 17.0. The van der Waals surface area contributed by atoms with E-state index >= 15 is 0 Å². The number of carbonyl (C=O) groups excluding carboxylic acids is 2. The first-order chi connectivity index (χ1) is 15.8. The molecule has 1 aliphatic heterocycles. The molecule has 2 amide bonds. The van der Waals surface area contributed by atoms with Crippen LogP contribution in [0.25, 0.3) is 0 Å². The second kappa shape index (κ2) is 10.8. The molecule has 0 aromatic heterocycles. The number of halogens is 2. The fourth-order valence-electron chi connectivity index (χ4n) is 3.57. The predicted molar refractivity (Wildman–Crippen MR) is 127 cm³/mol. The van der Waals surface area contributed by atoms with Crippen molar-refractivity contribution in [2.24, 2.45) is 5.92 Å². The number of urea groups is 1. The molecule has 0 saturated heterocycles. The van der Waals surface area contributed by atoms with Crippen molar-refractivity contribution >= 4 is 35.2 Å². The molecular formula is C24H26Cl2N2O5. The average molecular weight is 493 g/mol. The molecule has 0 radical (unpaired) electrons. The molecule has 0 fully saturated rings. The van der Waals surface area contributed by atoms with E-state index in [0.29, 0.717) is 38.4 Å². The van der Waals surface area contributed by atoms with Crippen LogP contribution in [0.2, 0.25) is 10.0 Å². The number of methoxy groups -OCH3 is 1. The highest BCUT2D eigenvalue weighted by molar-refractivity contribution is 6.42. The van der Waals surface area contributed by atoms with Gasteiger partial charge in [0.2, 0.25) is 0 Å². The van der Waals surface area contributed by atoms with Crippen LogP contribution in [0.4, 0.5) is 4.79 Å². The van der Waals surface area contributed by atoms with Crippen LogP contribution < -0.4 is 20.1 Å². The van der Waals surface area contributed by atoms with Gasteiger partial charge in [-0.05, 0) is 36.6 Å². The SMILES string of the molecule is CCOC(=O)C1=C(C(C)C)NC(=O)NC1c1cccc(OC)c1OCc1ccc(Cl)c(Cl)c1. The Morgan fingerprint density at radius 1 is 1.15 bits per heavy atom. The molecule has 1 heterocycles. The minimum atomic E-state index is -0.797. The summed E-state index contributed by atoms with van der Waals surface area (Å²) in [5.74, 6) is 0.207. The first-order valence-corrected chi connectivity index (χ1v) is 11.2. The lowest BCUT2D eigenvalue weighted by Gasteiger charge is -2.32. The Hall–Kier alpha value is -2.90. The number of allylic oxidation sites excluding steroid dienone is 1. The summed E-state index contributed by atoms with van der Waals surface area (Å²) in [6.45, 7) is 5.88. The normalized spacial score (nSPS) is 15.7. The van der Waals surface area contributed by atoms with Gasteiger partial charge in [-0.1, -0.05) is 55.2 Å². The maximum absolute atomic E-state index is 12.9. The van der Waals surface area contributed by atoms with Crippen LogP contribution in [0.5, 0.6) is 11.5 Å². The standard InChI is InChI=1S/C24H26Cl2N2O5/c1-5-32-23(29)19-20(13(2)3)27-24(30)28-21(19)15-7-6-8-18(31-4)22(15)33-12-14-9-10-16(25)17(26)11-14/h6-11,13,21H,5,12H2,1-4H3,(H2,27,28,30). The number of ether oxygens (including phenoxy) is 3. The second-order valence-corrected chi connectivity index (χ2v) is 8.46. The molecule has 1 unspecified atom stereocenters. The van der Waals surface area contributed by atoms with Gasteiger partial charge in [0.25, 0.3) is 0 Å². The second-order valence-electron chi connectivity index (χ2n) is 7.65. The Kier molecular flexibility index (Phi) is 8.10. The van der Waals surface area contributed by atoms with E-state index in [2.05, 4.69) is 10.6 Å². The fraction of sp³-hybridized carbons (Fsp3) is 0.333. The third-order valence-electron chi connectivity index (χ3n) is 5.08. The number of benzene rings is 2. The number of esters is 1. The van der Waals surface area contributed by atoms with E-state index in [-0.39, 0.29) is 19.1 Å². The number of hydrogen-bond acceptors (Lipinski definition) is 5. The topological polar surface area (TPSA) is 85.9 Å². The summed E-state index contributed by atoms with van der Waals surface area (Å²) in [4.78, 5) is 25.4. The highest BCUT2D eigenvalue weighted by Gasteiger charge is 2.36. The van der Waals surface area contributed by atoms with Crippen LogP contribution in [-0.2, 0) is 16.1 Å². The Bertz CT molecular complexity index is 1080. The number of hydrogen-bond donors (Lipinski definition) is 2. The van der Waals surface area contributed by atoms with Crippen molar-refractivity contribution in [1.82, 2.24) is 10.6 Å². The molecule has 33 heavy (non-hydrogen) atoms. The van der Waals surface area contributed by atoms with Crippen LogP contribution in [0, 0.1) is 5.92 Å². The predicted octanol–water partition coefficient (Wildman–Crippen LogP) is 5.41. The van der Waals surface area contributed by atoms with Crippen molar-refractivity contribution in [3.8, 4) is 11.5 Å². The number of carbonyl (C=O) groups is 2. The molecule has 2 N–H and O–H groups in total. The van der Waals surface area contributed by atoms with Crippen molar-refractivity contribution in [3.63, 3.8) is 0 Å². The highest BCUT2D eigenvalue weighted by atomic mass is 35.5. The summed E-state index contributed by atoms with van der Waals surface area (Å²) in [6, 6.07) is 9.28. The van der Waals surface area contributed by atoms with Gasteiger partial charge in [0.1, 0.15) is 6.61 Å². The van der Waals surface area contributed by atoms with E-state index in [4.69, 9.17) is 37.4 Å². The van der Waals surface area contributed by atoms with Crippen molar-refractivity contribution in [3.05, 3.63) is 68.8 Å². The Morgan fingerprint density at radius 2 is 1.91 bits per heavy atom. The minimum Gasteiger partial charge on any atom is -0.493 e. The van der Waals surface area contributed by atoms with Gasteiger partial charge in [0.05, 0.1) is 35.4 Å². The smallest absolute Gasteiger partial charge is 0.338 e. The first kappa shape index (κ1) is 24.7. The molecule has 0 bridgehead atoms. The van der Waals surface area contributed by atoms with Crippen LogP contribution in [0.3, 0.4) is 0 Å². The molecular weight excluding hydrogens is 467 g/mol. The molecule has 9 heteroatoms. The van der Waals surface area contributed by atoms with Crippen molar-refractivity contribution in [2.75, 3.05) is 13.7 Å². The molecule has 0 aliphatic carbocycles. The minimum absolute atomic E-state index is 0.121. The van der Waals surface area contributed by atoms with Gasteiger partial charge < -0.3 is 24.8 Å². The van der Waals surface area contributed by atoms with Crippen LogP contribution in [-0.4, -0.2) is 25.7 Å². The lowest BCUT2D eigenvalue weighted by Crippen LogP contribution is -2.47. The summed E-state index contributed by atoms with van der Waals surface area (Å²) in [5.41, 5.74) is 2.17. The van der Waals surface area contributed by atoms with Gasteiger partial charge in [0.15, 0.2) is 11.5 Å². The van der Waals surface area contributed by atoms with E-state index in [1.165, 1.54) is 7.11 Å². The quantitative estimate of drug-likeness (QED) is 0.481. The molecule has 2 aromatic rings. The lowest BCUT2D eigenvalue weighted by atomic mass is 9.91. The van der Waals surface area contributed by atoms with Gasteiger partial charge in [-0.2, -0.15) is 0 Å². The van der Waals surface area contributed by atoms with Crippen LogP contribution in [0.1, 0.15) is 37.9 Å². The molecule has 0 spiro atoms. The molecule has 1 atom stereocenters. The van der Waals surface area contributed by atoms with Crippen LogP contribution >= 0.6 is 23.2 Å². The van der Waals surface area contributed by atoms with Gasteiger partial charge in [-0.25, -0.2) is 9.59 Å². The van der Waals surface area contributed by atoms with Crippen molar-refractivity contribution in [1.29, 1.82) is 0 Å². The zero-order chi connectivity index (χ0) is 24.1. The summed E-state index contributed by atoms with van der Waals surface area (Å²) in [5, 5.41) is 6.44. The third kappa shape index (κ3) is 5.54. The lowest BCUT2D eigenvalue weighted by molar-refractivity contribution is -0.139. The zero-order valence-electron chi connectivity index (χ0n) is 18.8. The fourth-order valence-corrected chi connectivity index (χ4v) is 3.89. The Morgan fingerprint density at radius 3 is 2.55 bits per heavy atom. The first-order valence-electron chi connectivity index (χ1n) is 10.5. The third-order valence-corrected chi connectivity index (χ3v) is 5.82. The van der Waals surface area contributed by atoms with E-state index < -0.39 is 18.0 Å². The largest absolute Gasteiger partial charge is 0.493 e. The maximum atomic E-state index is 12.9. The zero-order valence-corrected chi connectivity index (χ0v) is 20.3. The molecule has 3 rings (SSSR count). The van der Waals surface area contributed by atoms with Gasteiger partial charge >= 0.3 is 12.0 Å². The molecule has 1 aliphatic rings. The summed E-state index contributed by atoms with van der Waals surface area (Å²) >= 11 is 12.1. The van der Waals surface area contributed by atoms with E-state index in [1.807, 2.05) is 13.8 Å². The molecule has 7 nitrogen and oxygen atoms in total. The summed E-state index contributed by atoms with van der Waals surface area (Å²) in [7, 11) is 1.52. The Balaban J connectivity index is 2.07. The number of rotatable bonds is 8. The molecule has 176 valence electrons. The average Bonchev–Trinajstić information content (AvgIpc) is 2.79. The van der Waals surface area contributed by atoms with Gasteiger partial charge in [-0.15, -0.1) is 0 Å². The highest BCUT2D eigenvalue weighted by Crippen LogP contribution is 2.40. The van der Waals surface area contributed by atoms with Crippen molar-refractivity contribution < 1.29 is 23.8 Å². The van der Waals surface area contributed by atoms with Gasteiger partial charge in [0, 0.05) is 11.3 Å². The van der Waals surface area contributed by atoms with Crippen LogP contribution in [0.15, 0.2) is 47.7 Å². The number of nitrogens with one attached hydrogen (secondary N) is 2. The van der Waals surface area contributed by atoms with E-state index in [1.54, 1.807) is 43.3 Å². The van der Waals surface area contributed by atoms with Crippen molar-refractivity contribution in [2.45, 2.75) is 33.4 Å². The van der Waals surface area contributed by atoms with E-state index in [0.717, 1.165) is 5.56 Å². The Labute approximate surface area is 203 Å². The number of para-hydroxylation sites is 1. The number of amides is 2. The maximum Gasteiger partial charge on any atom is 0.338 e. The molecule has 0 saturated carbocycles.